The lowest BCUT2D eigenvalue weighted by Crippen LogP contribution is -1.97. The molecule has 0 N–H and O–H groups in total. The molecule has 1 rings (SSSR count). The fourth-order valence-electron chi connectivity index (χ4n) is 1.08. The number of ether oxygens (including phenoxy) is 1. The van der Waals surface area contributed by atoms with Gasteiger partial charge in [0.25, 0.3) is 0 Å². The Labute approximate surface area is 95.6 Å². The van der Waals surface area contributed by atoms with E-state index in [0.717, 1.165) is 5.56 Å². The molecule has 1 aromatic rings. The standard InChI is InChI=1S/C14H14O2/c1-2-16-14(15)12-8-4-7-11-13-9-5-3-6-10-13/h3-7,9-12H,2H2,1H3/b11-7+. The van der Waals surface area contributed by atoms with Gasteiger partial charge < -0.3 is 4.74 Å². The van der Waals surface area contributed by atoms with E-state index in [0.29, 0.717) is 6.61 Å². The lowest BCUT2D eigenvalue weighted by molar-refractivity contribution is -0.137. The van der Waals surface area contributed by atoms with Crippen molar-refractivity contribution >= 4 is 12.0 Å². The van der Waals surface area contributed by atoms with Crippen LogP contribution >= 0.6 is 0 Å². The summed E-state index contributed by atoms with van der Waals surface area (Å²) in [6.45, 7) is 2.15. The van der Waals surface area contributed by atoms with Crippen LogP contribution < -0.4 is 0 Å². The third kappa shape index (κ3) is 4.99. The molecule has 0 saturated heterocycles. The average Bonchev–Trinajstić information content (AvgIpc) is 2.30. The fraction of sp³-hybridized carbons (Fsp3) is 0.143. The van der Waals surface area contributed by atoms with Crippen molar-refractivity contribution in [3.05, 3.63) is 59.9 Å². The van der Waals surface area contributed by atoms with Gasteiger partial charge in [0.1, 0.15) is 0 Å². The predicted molar refractivity (Wildman–Crippen MR) is 64.8 cm³/mol. The van der Waals surface area contributed by atoms with Crippen molar-refractivity contribution in [2.24, 2.45) is 0 Å². The summed E-state index contributed by atoms with van der Waals surface area (Å²) in [6, 6.07) is 9.91. The van der Waals surface area contributed by atoms with Gasteiger partial charge in [0.2, 0.25) is 0 Å². The minimum atomic E-state index is -0.369. The molecular formula is C14H14O2. The van der Waals surface area contributed by atoms with Gasteiger partial charge in [0.05, 0.1) is 12.7 Å². The Balaban J connectivity index is 2.48. The number of esters is 1. The van der Waals surface area contributed by atoms with E-state index in [1.807, 2.05) is 42.5 Å². The van der Waals surface area contributed by atoms with Crippen LogP contribution in [0.1, 0.15) is 12.5 Å². The quantitative estimate of drug-likeness (QED) is 0.333. The molecule has 0 aliphatic rings. The molecule has 0 amide bonds. The second-order valence-electron chi connectivity index (χ2n) is 3.00. The van der Waals surface area contributed by atoms with E-state index < -0.39 is 0 Å². The van der Waals surface area contributed by atoms with Gasteiger partial charge in [-0.1, -0.05) is 42.5 Å². The molecule has 0 atom stereocenters. The Hall–Kier alpha value is -2.05. The Bertz CT molecular complexity index is 410. The van der Waals surface area contributed by atoms with E-state index in [9.17, 15) is 4.79 Å². The molecule has 2 nitrogen and oxygen atoms in total. The molecule has 0 aliphatic carbocycles. The summed E-state index contributed by atoms with van der Waals surface area (Å²) < 4.78 is 4.71. The zero-order valence-corrected chi connectivity index (χ0v) is 9.22. The summed E-state index contributed by atoms with van der Waals surface area (Å²) in [5, 5.41) is 0. The van der Waals surface area contributed by atoms with Gasteiger partial charge in [-0.3, -0.25) is 0 Å². The van der Waals surface area contributed by atoms with Crippen molar-refractivity contribution in [2.75, 3.05) is 6.61 Å². The largest absolute Gasteiger partial charge is 0.462 e. The van der Waals surface area contributed by atoms with Crippen LogP contribution in [-0.2, 0) is 9.53 Å². The SMILES string of the molecule is CCOC(=O)C=C=C/C=C/c1ccccc1. The molecule has 0 heterocycles. The lowest BCUT2D eigenvalue weighted by atomic mass is 10.2. The summed E-state index contributed by atoms with van der Waals surface area (Å²) in [4.78, 5) is 10.9. The van der Waals surface area contributed by atoms with E-state index in [1.54, 1.807) is 13.0 Å². The molecule has 82 valence electrons. The number of benzene rings is 1. The molecule has 0 bridgehead atoms. The molecular weight excluding hydrogens is 200 g/mol. The van der Waals surface area contributed by atoms with Gasteiger partial charge in [-0.2, -0.15) is 0 Å². The highest BCUT2D eigenvalue weighted by Gasteiger charge is 1.89. The van der Waals surface area contributed by atoms with Crippen molar-refractivity contribution in [1.82, 2.24) is 0 Å². The van der Waals surface area contributed by atoms with Crippen LogP contribution in [-0.4, -0.2) is 12.6 Å². The highest BCUT2D eigenvalue weighted by Crippen LogP contribution is 2.00. The second kappa shape index (κ2) is 7.27. The molecule has 0 aliphatic heterocycles. The van der Waals surface area contributed by atoms with Crippen LogP contribution in [0.15, 0.2) is 54.3 Å². The minimum absolute atomic E-state index is 0.369. The Morgan fingerprint density at radius 3 is 2.81 bits per heavy atom. The highest BCUT2D eigenvalue weighted by atomic mass is 16.5. The number of carbonyl (C=O) groups excluding carboxylic acids is 1. The van der Waals surface area contributed by atoms with Gasteiger partial charge in [0, 0.05) is 0 Å². The number of carbonyl (C=O) groups is 1. The first-order valence-corrected chi connectivity index (χ1v) is 5.14. The number of rotatable bonds is 4. The van der Waals surface area contributed by atoms with Crippen LogP contribution in [0.25, 0.3) is 6.08 Å². The molecule has 0 unspecified atom stereocenters. The fourth-order valence-corrected chi connectivity index (χ4v) is 1.08. The summed E-state index contributed by atoms with van der Waals surface area (Å²) in [6.07, 6.45) is 6.71. The van der Waals surface area contributed by atoms with E-state index >= 15 is 0 Å². The van der Waals surface area contributed by atoms with E-state index in [4.69, 9.17) is 4.74 Å². The predicted octanol–water partition coefficient (Wildman–Crippen LogP) is 2.97. The van der Waals surface area contributed by atoms with Crippen LogP contribution in [0, 0.1) is 0 Å². The lowest BCUT2D eigenvalue weighted by Gasteiger charge is -1.91. The van der Waals surface area contributed by atoms with Crippen LogP contribution in [0.4, 0.5) is 0 Å². The molecule has 1 aromatic carbocycles. The maximum absolute atomic E-state index is 10.9. The topological polar surface area (TPSA) is 26.3 Å². The van der Waals surface area contributed by atoms with Crippen molar-refractivity contribution in [3.63, 3.8) is 0 Å². The molecule has 0 aromatic heterocycles. The summed E-state index contributed by atoms with van der Waals surface area (Å²) >= 11 is 0. The van der Waals surface area contributed by atoms with Crippen molar-refractivity contribution in [3.8, 4) is 0 Å². The van der Waals surface area contributed by atoms with Crippen molar-refractivity contribution in [1.29, 1.82) is 0 Å². The zero-order valence-electron chi connectivity index (χ0n) is 9.22. The van der Waals surface area contributed by atoms with Crippen LogP contribution in [0.3, 0.4) is 0 Å². The van der Waals surface area contributed by atoms with E-state index in [2.05, 4.69) is 5.73 Å². The number of hydrogen-bond donors (Lipinski definition) is 0. The summed E-state index contributed by atoms with van der Waals surface area (Å²) in [5.41, 5.74) is 3.84. The van der Waals surface area contributed by atoms with E-state index in [-0.39, 0.29) is 5.97 Å². The summed E-state index contributed by atoms with van der Waals surface area (Å²) in [7, 11) is 0. The van der Waals surface area contributed by atoms with Gasteiger partial charge >= 0.3 is 5.97 Å². The second-order valence-corrected chi connectivity index (χ2v) is 3.00. The maximum Gasteiger partial charge on any atom is 0.338 e. The molecule has 0 fully saturated rings. The smallest absolute Gasteiger partial charge is 0.338 e. The molecule has 2 heteroatoms. The number of allylic oxidation sites excluding steroid dienone is 1. The van der Waals surface area contributed by atoms with Gasteiger partial charge in [-0.25, -0.2) is 4.79 Å². The molecule has 16 heavy (non-hydrogen) atoms. The van der Waals surface area contributed by atoms with Gasteiger partial charge in [0.15, 0.2) is 0 Å². The van der Waals surface area contributed by atoms with Crippen molar-refractivity contribution < 1.29 is 9.53 Å². The zero-order chi connectivity index (χ0) is 11.6. The normalized spacial score (nSPS) is 9.56. The van der Waals surface area contributed by atoms with Crippen molar-refractivity contribution in [2.45, 2.75) is 6.92 Å². The Kier molecular flexibility index (Phi) is 5.46. The average molecular weight is 214 g/mol. The maximum atomic E-state index is 10.9. The Morgan fingerprint density at radius 1 is 1.38 bits per heavy atom. The molecule has 0 spiro atoms. The van der Waals surface area contributed by atoms with E-state index in [1.165, 1.54) is 6.08 Å². The molecule has 0 radical (unpaired) electrons. The van der Waals surface area contributed by atoms with Gasteiger partial charge in [-0.05, 0) is 18.6 Å². The number of hydrogen-bond acceptors (Lipinski definition) is 2. The third-order valence-corrected chi connectivity index (χ3v) is 1.77. The monoisotopic (exact) mass is 214 g/mol. The molecule has 0 saturated carbocycles. The first-order valence-electron chi connectivity index (χ1n) is 5.14. The first kappa shape index (κ1) is 12.0. The Morgan fingerprint density at radius 2 is 2.12 bits per heavy atom. The third-order valence-electron chi connectivity index (χ3n) is 1.77. The van der Waals surface area contributed by atoms with Crippen LogP contribution in [0.5, 0.6) is 0 Å². The summed E-state index contributed by atoms with van der Waals surface area (Å²) in [5.74, 6) is -0.369. The minimum Gasteiger partial charge on any atom is -0.462 e. The van der Waals surface area contributed by atoms with Gasteiger partial charge in [-0.15, -0.1) is 5.73 Å². The van der Waals surface area contributed by atoms with Crippen LogP contribution in [0.2, 0.25) is 0 Å². The first-order chi connectivity index (χ1) is 7.83. The highest BCUT2D eigenvalue weighted by molar-refractivity contribution is 5.81.